The van der Waals surface area contributed by atoms with Gasteiger partial charge < -0.3 is 5.32 Å². The fraction of sp³-hybridized carbons (Fsp3) is 0.231. The van der Waals surface area contributed by atoms with Crippen LogP contribution in [0, 0.1) is 0 Å². The third-order valence-electron chi connectivity index (χ3n) is 2.69. The van der Waals surface area contributed by atoms with Crippen molar-refractivity contribution in [1.82, 2.24) is 20.1 Å². The number of fused-ring (bicyclic) bond motifs is 1. The van der Waals surface area contributed by atoms with Crippen molar-refractivity contribution in [3.8, 4) is 0 Å². The van der Waals surface area contributed by atoms with Crippen LogP contribution in [0.15, 0.2) is 42.7 Å². The average molecular weight is 258 g/mol. The van der Waals surface area contributed by atoms with Crippen LogP contribution in [0.3, 0.4) is 0 Å². The van der Waals surface area contributed by atoms with Gasteiger partial charge in [0.05, 0.1) is 16.8 Å². The summed E-state index contributed by atoms with van der Waals surface area (Å²) in [5, 5.41) is 8.68. The van der Waals surface area contributed by atoms with E-state index in [0.717, 1.165) is 30.2 Å². The fourth-order valence-electron chi connectivity index (χ4n) is 1.82. The number of rotatable bonds is 5. The molecule has 5 heteroatoms. The maximum absolute atomic E-state index is 4.58. The van der Waals surface area contributed by atoms with E-state index in [1.54, 1.807) is 17.5 Å². The largest absolute Gasteiger partial charge is 0.309 e. The Kier molecular flexibility index (Phi) is 3.34. The van der Waals surface area contributed by atoms with E-state index in [1.807, 2.05) is 23.0 Å². The molecule has 3 aromatic rings. The lowest BCUT2D eigenvalue weighted by atomic mass is 10.3. The molecule has 2 heterocycles. The van der Waals surface area contributed by atoms with Gasteiger partial charge in [0.15, 0.2) is 0 Å². The summed E-state index contributed by atoms with van der Waals surface area (Å²) in [6.45, 7) is 2.61. The number of nitrogens with zero attached hydrogens (tertiary/aromatic N) is 3. The SMILES string of the molecule is c1ccc2sc(CNCCn3cccn3)nc2c1. The number of thiazole rings is 1. The predicted molar refractivity (Wildman–Crippen MR) is 73.6 cm³/mol. The van der Waals surface area contributed by atoms with E-state index in [1.165, 1.54) is 4.70 Å². The van der Waals surface area contributed by atoms with E-state index in [-0.39, 0.29) is 0 Å². The van der Waals surface area contributed by atoms with Gasteiger partial charge in [-0.1, -0.05) is 12.1 Å². The predicted octanol–water partition coefficient (Wildman–Crippen LogP) is 2.28. The van der Waals surface area contributed by atoms with Gasteiger partial charge in [-0.3, -0.25) is 4.68 Å². The van der Waals surface area contributed by atoms with Gasteiger partial charge in [-0.2, -0.15) is 5.10 Å². The molecule has 92 valence electrons. The number of hydrogen-bond donors (Lipinski definition) is 1. The van der Waals surface area contributed by atoms with Gasteiger partial charge in [-0.15, -0.1) is 11.3 Å². The molecule has 0 fully saturated rings. The molecule has 0 aliphatic heterocycles. The standard InChI is InChI=1S/C13H14N4S/c1-2-5-12-11(4-1)16-13(18-12)10-14-7-9-17-8-3-6-15-17/h1-6,8,14H,7,9-10H2. The number of para-hydroxylation sites is 1. The maximum atomic E-state index is 4.58. The average Bonchev–Trinajstić information content (AvgIpc) is 3.03. The molecule has 4 nitrogen and oxygen atoms in total. The minimum absolute atomic E-state index is 0.820. The topological polar surface area (TPSA) is 42.7 Å². The molecule has 0 aliphatic carbocycles. The highest BCUT2D eigenvalue weighted by molar-refractivity contribution is 7.18. The first-order valence-corrected chi connectivity index (χ1v) is 6.76. The summed E-state index contributed by atoms with van der Waals surface area (Å²) >= 11 is 1.75. The van der Waals surface area contributed by atoms with Gasteiger partial charge in [-0.05, 0) is 18.2 Å². The highest BCUT2D eigenvalue weighted by Gasteiger charge is 2.01. The zero-order valence-electron chi connectivity index (χ0n) is 9.91. The second kappa shape index (κ2) is 5.29. The van der Waals surface area contributed by atoms with Crippen LogP contribution >= 0.6 is 11.3 Å². The molecule has 1 aromatic carbocycles. The Morgan fingerprint density at radius 1 is 1.22 bits per heavy atom. The Hall–Kier alpha value is -1.72. The Morgan fingerprint density at radius 3 is 3.00 bits per heavy atom. The van der Waals surface area contributed by atoms with Crippen LogP contribution in [0.1, 0.15) is 5.01 Å². The molecule has 0 amide bonds. The van der Waals surface area contributed by atoms with Crippen molar-refractivity contribution in [2.24, 2.45) is 0 Å². The van der Waals surface area contributed by atoms with Crippen molar-refractivity contribution in [3.05, 3.63) is 47.7 Å². The van der Waals surface area contributed by atoms with E-state index < -0.39 is 0 Å². The molecule has 0 unspecified atom stereocenters. The molecular formula is C13H14N4S. The molecule has 0 saturated heterocycles. The van der Waals surface area contributed by atoms with Gasteiger partial charge in [-0.25, -0.2) is 4.98 Å². The summed E-state index contributed by atoms with van der Waals surface area (Å²) in [6.07, 6.45) is 3.77. The van der Waals surface area contributed by atoms with Crippen molar-refractivity contribution in [3.63, 3.8) is 0 Å². The Labute approximate surface area is 109 Å². The van der Waals surface area contributed by atoms with Crippen molar-refractivity contribution in [2.75, 3.05) is 6.54 Å². The zero-order chi connectivity index (χ0) is 12.2. The molecule has 18 heavy (non-hydrogen) atoms. The molecule has 0 spiro atoms. The van der Waals surface area contributed by atoms with E-state index in [2.05, 4.69) is 33.6 Å². The van der Waals surface area contributed by atoms with Crippen molar-refractivity contribution < 1.29 is 0 Å². The summed E-state index contributed by atoms with van der Waals surface area (Å²) in [6, 6.07) is 10.2. The van der Waals surface area contributed by atoms with Crippen molar-refractivity contribution >= 4 is 21.6 Å². The summed E-state index contributed by atoms with van der Waals surface area (Å²) in [7, 11) is 0. The van der Waals surface area contributed by atoms with E-state index >= 15 is 0 Å². The highest BCUT2D eigenvalue weighted by Crippen LogP contribution is 2.21. The second-order valence-electron chi connectivity index (χ2n) is 4.02. The maximum Gasteiger partial charge on any atom is 0.108 e. The quantitative estimate of drug-likeness (QED) is 0.714. The van der Waals surface area contributed by atoms with Gasteiger partial charge >= 0.3 is 0 Å². The third-order valence-corrected chi connectivity index (χ3v) is 3.73. The summed E-state index contributed by atoms with van der Waals surface area (Å²) < 4.78 is 3.17. The summed E-state index contributed by atoms with van der Waals surface area (Å²) in [5.74, 6) is 0. The third kappa shape index (κ3) is 2.57. The summed E-state index contributed by atoms with van der Waals surface area (Å²) in [4.78, 5) is 4.58. The molecule has 3 rings (SSSR count). The molecule has 2 aromatic heterocycles. The lowest BCUT2D eigenvalue weighted by Gasteiger charge is -2.02. The van der Waals surface area contributed by atoms with Crippen LogP contribution in [0.5, 0.6) is 0 Å². The van der Waals surface area contributed by atoms with Gasteiger partial charge in [0.2, 0.25) is 0 Å². The number of hydrogen-bond acceptors (Lipinski definition) is 4. The lowest BCUT2D eigenvalue weighted by Crippen LogP contribution is -2.19. The Morgan fingerprint density at radius 2 is 2.17 bits per heavy atom. The fourth-order valence-corrected chi connectivity index (χ4v) is 2.75. The van der Waals surface area contributed by atoms with Crippen LogP contribution in [0.2, 0.25) is 0 Å². The van der Waals surface area contributed by atoms with E-state index in [9.17, 15) is 0 Å². The van der Waals surface area contributed by atoms with Crippen LogP contribution < -0.4 is 5.32 Å². The van der Waals surface area contributed by atoms with Gasteiger partial charge in [0, 0.05) is 25.5 Å². The molecule has 0 radical (unpaired) electrons. The monoisotopic (exact) mass is 258 g/mol. The zero-order valence-corrected chi connectivity index (χ0v) is 10.7. The molecule has 0 saturated carbocycles. The van der Waals surface area contributed by atoms with Gasteiger partial charge in [0.25, 0.3) is 0 Å². The number of benzene rings is 1. The molecular weight excluding hydrogens is 244 g/mol. The van der Waals surface area contributed by atoms with Crippen LogP contribution in [0.25, 0.3) is 10.2 Å². The number of nitrogens with one attached hydrogen (secondary N) is 1. The van der Waals surface area contributed by atoms with Crippen LogP contribution in [-0.2, 0) is 13.1 Å². The van der Waals surface area contributed by atoms with E-state index in [4.69, 9.17) is 0 Å². The first-order chi connectivity index (χ1) is 8.92. The molecule has 0 bridgehead atoms. The molecule has 1 N–H and O–H groups in total. The smallest absolute Gasteiger partial charge is 0.108 e. The first kappa shape index (κ1) is 11.4. The Bertz CT molecular complexity index is 582. The first-order valence-electron chi connectivity index (χ1n) is 5.94. The summed E-state index contributed by atoms with van der Waals surface area (Å²) in [5.41, 5.74) is 1.09. The highest BCUT2D eigenvalue weighted by atomic mass is 32.1. The lowest BCUT2D eigenvalue weighted by molar-refractivity contribution is 0.554. The second-order valence-corrected chi connectivity index (χ2v) is 5.14. The van der Waals surface area contributed by atoms with Crippen molar-refractivity contribution in [2.45, 2.75) is 13.1 Å². The van der Waals surface area contributed by atoms with Gasteiger partial charge in [0.1, 0.15) is 5.01 Å². The van der Waals surface area contributed by atoms with Crippen LogP contribution in [0.4, 0.5) is 0 Å². The Balaban J connectivity index is 1.53. The minimum atomic E-state index is 0.820. The molecule has 0 atom stereocenters. The normalized spacial score (nSPS) is 11.1. The van der Waals surface area contributed by atoms with Crippen molar-refractivity contribution in [1.29, 1.82) is 0 Å². The van der Waals surface area contributed by atoms with Crippen LogP contribution in [-0.4, -0.2) is 21.3 Å². The molecule has 0 aliphatic rings. The minimum Gasteiger partial charge on any atom is -0.309 e. The van der Waals surface area contributed by atoms with E-state index in [0.29, 0.717) is 0 Å². The number of aromatic nitrogens is 3.